The summed E-state index contributed by atoms with van der Waals surface area (Å²) in [4.78, 5) is 0. The summed E-state index contributed by atoms with van der Waals surface area (Å²) >= 11 is 0. The second kappa shape index (κ2) is 4.97. The molecule has 1 saturated carbocycles. The van der Waals surface area contributed by atoms with E-state index >= 15 is 0 Å². The fourth-order valence-electron chi connectivity index (χ4n) is 3.86. The van der Waals surface area contributed by atoms with Crippen LogP contribution in [0.1, 0.15) is 48.5 Å². The van der Waals surface area contributed by atoms with Gasteiger partial charge in [0, 0.05) is 6.04 Å². The first-order chi connectivity index (χ1) is 10.3. The van der Waals surface area contributed by atoms with Crippen LogP contribution in [0.15, 0.2) is 54.6 Å². The van der Waals surface area contributed by atoms with Crippen LogP contribution in [0.4, 0.5) is 0 Å². The van der Waals surface area contributed by atoms with Crippen LogP contribution >= 0.6 is 0 Å². The Morgan fingerprint density at radius 3 is 2.33 bits per heavy atom. The minimum atomic E-state index is -0.118. The predicted octanol–water partition coefficient (Wildman–Crippen LogP) is 3.90. The van der Waals surface area contributed by atoms with E-state index < -0.39 is 0 Å². The van der Waals surface area contributed by atoms with Gasteiger partial charge in [-0.2, -0.15) is 0 Å². The monoisotopic (exact) mass is 279 g/mol. The van der Waals surface area contributed by atoms with Crippen LogP contribution < -0.4 is 5.73 Å². The summed E-state index contributed by atoms with van der Waals surface area (Å²) in [5, 5.41) is 0. The number of fused-ring (bicyclic) bond motifs is 2. The van der Waals surface area contributed by atoms with Gasteiger partial charge in [-0.15, -0.1) is 0 Å². The van der Waals surface area contributed by atoms with Gasteiger partial charge in [0.2, 0.25) is 0 Å². The van der Waals surface area contributed by atoms with Crippen LogP contribution in [0.3, 0.4) is 0 Å². The first-order valence-electron chi connectivity index (χ1n) is 7.86. The molecule has 2 nitrogen and oxygen atoms in total. The quantitative estimate of drug-likeness (QED) is 0.859. The summed E-state index contributed by atoms with van der Waals surface area (Å²) < 4.78 is 6.64. The van der Waals surface area contributed by atoms with Crippen LogP contribution in [0.5, 0.6) is 0 Å². The Hall–Kier alpha value is -1.64. The SMILES string of the molecule is NC1CCC2(CC1)OC(c1ccccc1)c1ccccc12. The molecule has 1 spiro atoms. The van der Waals surface area contributed by atoms with Gasteiger partial charge < -0.3 is 10.5 Å². The zero-order chi connectivity index (χ0) is 14.3. The Bertz CT molecular complexity index is 629. The Labute approximate surface area is 125 Å². The zero-order valence-corrected chi connectivity index (χ0v) is 12.2. The lowest BCUT2D eigenvalue weighted by Gasteiger charge is -2.36. The van der Waals surface area contributed by atoms with Crippen molar-refractivity contribution in [3.05, 3.63) is 71.3 Å². The number of rotatable bonds is 1. The third kappa shape index (κ3) is 2.10. The normalized spacial score (nSPS) is 31.3. The maximum atomic E-state index is 6.64. The van der Waals surface area contributed by atoms with E-state index in [9.17, 15) is 0 Å². The fraction of sp³-hybridized carbons (Fsp3) is 0.368. The summed E-state index contributed by atoms with van der Waals surface area (Å²) in [6.07, 6.45) is 4.24. The molecule has 21 heavy (non-hydrogen) atoms. The molecule has 2 aliphatic rings. The van der Waals surface area contributed by atoms with E-state index in [1.165, 1.54) is 16.7 Å². The molecular formula is C19H21NO. The average Bonchev–Trinajstić information content (AvgIpc) is 2.87. The number of nitrogens with two attached hydrogens (primary N) is 1. The number of hydrogen-bond acceptors (Lipinski definition) is 2. The molecule has 1 heterocycles. The topological polar surface area (TPSA) is 35.2 Å². The molecule has 0 saturated heterocycles. The highest BCUT2D eigenvalue weighted by molar-refractivity contribution is 5.43. The Morgan fingerprint density at radius 2 is 1.57 bits per heavy atom. The maximum absolute atomic E-state index is 6.64. The molecule has 1 fully saturated rings. The van der Waals surface area contributed by atoms with Crippen molar-refractivity contribution in [2.24, 2.45) is 5.73 Å². The van der Waals surface area contributed by atoms with Gasteiger partial charge in [0.25, 0.3) is 0 Å². The lowest BCUT2D eigenvalue weighted by atomic mass is 9.77. The molecule has 108 valence electrons. The van der Waals surface area contributed by atoms with Gasteiger partial charge >= 0.3 is 0 Å². The molecule has 1 atom stereocenters. The van der Waals surface area contributed by atoms with Crippen molar-refractivity contribution in [2.75, 3.05) is 0 Å². The van der Waals surface area contributed by atoms with Gasteiger partial charge in [0.15, 0.2) is 0 Å². The molecule has 0 aromatic heterocycles. The van der Waals surface area contributed by atoms with Gasteiger partial charge in [-0.1, -0.05) is 54.6 Å². The first kappa shape index (κ1) is 13.1. The standard InChI is InChI=1S/C19H21NO/c20-15-10-12-19(13-11-15)17-9-5-4-8-16(17)18(21-19)14-6-2-1-3-7-14/h1-9,15,18H,10-13,20H2. The van der Waals surface area contributed by atoms with Gasteiger partial charge in [0.1, 0.15) is 6.10 Å². The van der Waals surface area contributed by atoms with Crippen LogP contribution in [-0.2, 0) is 10.3 Å². The molecule has 2 aromatic carbocycles. The molecule has 0 radical (unpaired) electrons. The molecule has 4 rings (SSSR count). The van der Waals surface area contributed by atoms with Crippen molar-refractivity contribution in [3.8, 4) is 0 Å². The number of hydrogen-bond donors (Lipinski definition) is 1. The predicted molar refractivity (Wildman–Crippen MR) is 83.9 cm³/mol. The molecule has 0 amide bonds. The zero-order valence-electron chi connectivity index (χ0n) is 12.2. The molecule has 0 bridgehead atoms. The van der Waals surface area contributed by atoms with Crippen LogP contribution in [-0.4, -0.2) is 6.04 Å². The lowest BCUT2D eigenvalue weighted by molar-refractivity contribution is -0.0865. The number of ether oxygens (including phenoxy) is 1. The minimum absolute atomic E-state index is 0.0664. The van der Waals surface area contributed by atoms with E-state index in [-0.39, 0.29) is 11.7 Å². The van der Waals surface area contributed by atoms with E-state index in [1.807, 2.05) is 0 Å². The van der Waals surface area contributed by atoms with Crippen LogP contribution in [0.2, 0.25) is 0 Å². The Morgan fingerprint density at radius 1 is 0.905 bits per heavy atom. The molecule has 2 N–H and O–H groups in total. The van der Waals surface area contributed by atoms with Gasteiger partial charge in [-0.3, -0.25) is 0 Å². The first-order valence-corrected chi connectivity index (χ1v) is 7.86. The molecule has 1 unspecified atom stereocenters. The van der Waals surface area contributed by atoms with Gasteiger partial charge in [0.05, 0.1) is 5.60 Å². The van der Waals surface area contributed by atoms with Crippen molar-refractivity contribution < 1.29 is 4.74 Å². The average molecular weight is 279 g/mol. The third-order valence-corrected chi connectivity index (χ3v) is 5.02. The molecule has 2 heteroatoms. The van der Waals surface area contributed by atoms with E-state index in [0.717, 1.165) is 25.7 Å². The minimum Gasteiger partial charge on any atom is -0.358 e. The Kier molecular flexibility index (Phi) is 3.09. The fourth-order valence-corrected chi connectivity index (χ4v) is 3.86. The second-order valence-electron chi connectivity index (χ2n) is 6.33. The van der Waals surface area contributed by atoms with E-state index in [2.05, 4.69) is 54.6 Å². The second-order valence-corrected chi connectivity index (χ2v) is 6.33. The van der Waals surface area contributed by atoms with Crippen LogP contribution in [0, 0.1) is 0 Å². The molecule has 1 aliphatic carbocycles. The molecular weight excluding hydrogens is 258 g/mol. The third-order valence-electron chi connectivity index (χ3n) is 5.02. The summed E-state index contributed by atoms with van der Waals surface area (Å²) in [6, 6.07) is 19.6. The highest BCUT2D eigenvalue weighted by Crippen LogP contribution is 2.52. The summed E-state index contributed by atoms with van der Waals surface area (Å²) in [5.74, 6) is 0. The Balaban J connectivity index is 1.77. The summed E-state index contributed by atoms with van der Waals surface area (Å²) in [7, 11) is 0. The largest absolute Gasteiger partial charge is 0.358 e. The highest BCUT2D eigenvalue weighted by Gasteiger charge is 2.46. The van der Waals surface area contributed by atoms with Crippen molar-refractivity contribution in [1.29, 1.82) is 0 Å². The van der Waals surface area contributed by atoms with Crippen LogP contribution in [0.25, 0.3) is 0 Å². The number of benzene rings is 2. The van der Waals surface area contributed by atoms with Crippen molar-refractivity contribution >= 4 is 0 Å². The van der Waals surface area contributed by atoms with Gasteiger partial charge in [-0.25, -0.2) is 0 Å². The van der Waals surface area contributed by atoms with Crippen molar-refractivity contribution in [2.45, 2.75) is 43.4 Å². The summed E-state index contributed by atoms with van der Waals surface area (Å²) in [6.45, 7) is 0. The smallest absolute Gasteiger partial charge is 0.109 e. The lowest BCUT2D eigenvalue weighted by Crippen LogP contribution is -2.36. The van der Waals surface area contributed by atoms with Crippen molar-refractivity contribution in [3.63, 3.8) is 0 Å². The van der Waals surface area contributed by atoms with E-state index in [1.54, 1.807) is 0 Å². The van der Waals surface area contributed by atoms with E-state index in [4.69, 9.17) is 10.5 Å². The molecule has 1 aliphatic heterocycles. The summed E-state index contributed by atoms with van der Waals surface area (Å²) in [5.41, 5.74) is 9.94. The van der Waals surface area contributed by atoms with Crippen molar-refractivity contribution in [1.82, 2.24) is 0 Å². The molecule has 2 aromatic rings. The maximum Gasteiger partial charge on any atom is 0.109 e. The van der Waals surface area contributed by atoms with E-state index in [0.29, 0.717) is 6.04 Å². The highest BCUT2D eigenvalue weighted by atomic mass is 16.5. The van der Waals surface area contributed by atoms with Gasteiger partial charge in [-0.05, 0) is 42.4 Å².